The van der Waals surface area contributed by atoms with Crippen LogP contribution in [-0.2, 0) is 13.1 Å². The van der Waals surface area contributed by atoms with Gasteiger partial charge in [-0.05, 0) is 17.5 Å². The molecule has 0 aliphatic heterocycles. The highest BCUT2D eigenvalue weighted by Crippen LogP contribution is 2.18. The number of benzene rings is 1. The molecule has 2 aromatic heterocycles. The van der Waals surface area contributed by atoms with Crippen molar-refractivity contribution in [2.45, 2.75) is 32.9 Å². The van der Waals surface area contributed by atoms with Gasteiger partial charge in [-0.1, -0.05) is 38.1 Å². The lowest BCUT2D eigenvalue weighted by Crippen LogP contribution is -2.36. The van der Waals surface area contributed by atoms with Crippen LogP contribution in [0.2, 0.25) is 0 Å². The third-order valence-corrected chi connectivity index (χ3v) is 4.82. The molecule has 0 radical (unpaired) electrons. The van der Waals surface area contributed by atoms with Crippen LogP contribution in [0.3, 0.4) is 0 Å². The number of hydrogen-bond acceptors (Lipinski definition) is 4. The van der Waals surface area contributed by atoms with Gasteiger partial charge in [0, 0.05) is 30.6 Å². The summed E-state index contributed by atoms with van der Waals surface area (Å²) in [7, 11) is 1.78. The van der Waals surface area contributed by atoms with E-state index in [1.54, 1.807) is 18.4 Å². The summed E-state index contributed by atoms with van der Waals surface area (Å²) in [5.41, 5.74) is 3.32. The van der Waals surface area contributed by atoms with Gasteiger partial charge in [0.05, 0.1) is 17.8 Å². The van der Waals surface area contributed by atoms with Crippen molar-refractivity contribution < 1.29 is 0 Å². The molecule has 0 amide bonds. The molecule has 2 heterocycles. The van der Waals surface area contributed by atoms with Gasteiger partial charge >= 0.3 is 0 Å². The minimum absolute atomic E-state index is 0.460. The van der Waals surface area contributed by atoms with Crippen molar-refractivity contribution in [2.75, 3.05) is 7.05 Å². The van der Waals surface area contributed by atoms with Crippen LogP contribution in [0.4, 0.5) is 0 Å². The quantitative estimate of drug-likeness (QED) is 0.542. The van der Waals surface area contributed by atoms with Gasteiger partial charge in [0.15, 0.2) is 5.96 Å². The van der Waals surface area contributed by atoms with Gasteiger partial charge in [0.25, 0.3) is 0 Å². The Labute approximate surface area is 152 Å². The summed E-state index contributed by atoms with van der Waals surface area (Å²) in [6.45, 7) is 5.66. The minimum Gasteiger partial charge on any atom is -0.352 e. The van der Waals surface area contributed by atoms with Gasteiger partial charge in [0.1, 0.15) is 5.01 Å². The minimum atomic E-state index is 0.460. The fraction of sp³-hybridized carbons (Fsp3) is 0.316. The molecule has 0 spiro atoms. The highest BCUT2D eigenvalue weighted by Gasteiger charge is 2.07. The zero-order valence-corrected chi connectivity index (χ0v) is 15.6. The average molecular weight is 353 g/mol. The Morgan fingerprint density at radius 2 is 1.96 bits per heavy atom. The molecular formula is C19H23N5S. The van der Waals surface area contributed by atoms with Crippen LogP contribution in [0, 0.1) is 0 Å². The standard InChI is InChI=1S/C19H23N5S/c1-13(2)16-12-25-17(24-16)11-23-19(20-3)22-10-15-7-4-6-14-8-5-9-21-18(14)15/h4-9,12-13H,10-11H2,1-3H3,(H2,20,22,23). The normalized spacial score (nSPS) is 11.9. The zero-order chi connectivity index (χ0) is 17.6. The number of aliphatic imine (C=N–C) groups is 1. The Bertz CT molecular complexity index is 864. The number of aromatic nitrogens is 2. The molecule has 3 rings (SSSR count). The topological polar surface area (TPSA) is 62.2 Å². The maximum atomic E-state index is 4.64. The lowest BCUT2D eigenvalue weighted by Gasteiger charge is -2.12. The number of nitrogens with zero attached hydrogens (tertiary/aromatic N) is 3. The highest BCUT2D eigenvalue weighted by molar-refractivity contribution is 7.09. The van der Waals surface area contributed by atoms with E-state index >= 15 is 0 Å². The molecule has 0 aliphatic rings. The summed E-state index contributed by atoms with van der Waals surface area (Å²) in [4.78, 5) is 13.4. The van der Waals surface area contributed by atoms with Gasteiger partial charge in [-0.15, -0.1) is 11.3 Å². The second-order valence-electron chi connectivity index (χ2n) is 6.09. The molecule has 0 unspecified atom stereocenters. The number of hydrogen-bond donors (Lipinski definition) is 2. The molecule has 2 N–H and O–H groups in total. The molecule has 0 saturated heterocycles. The molecule has 3 aromatic rings. The number of thiazole rings is 1. The summed E-state index contributed by atoms with van der Waals surface area (Å²) < 4.78 is 0. The summed E-state index contributed by atoms with van der Waals surface area (Å²) >= 11 is 1.68. The number of nitrogens with one attached hydrogen (secondary N) is 2. The first-order chi connectivity index (χ1) is 12.2. The molecule has 25 heavy (non-hydrogen) atoms. The Balaban J connectivity index is 1.60. The molecule has 5 nitrogen and oxygen atoms in total. The maximum Gasteiger partial charge on any atom is 0.191 e. The van der Waals surface area contributed by atoms with Crippen LogP contribution in [0.1, 0.15) is 36.0 Å². The fourth-order valence-electron chi connectivity index (χ4n) is 2.54. The molecular weight excluding hydrogens is 330 g/mol. The molecule has 0 bridgehead atoms. The van der Waals surface area contributed by atoms with E-state index in [9.17, 15) is 0 Å². The van der Waals surface area contributed by atoms with Crippen molar-refractivity contribution >= 4 is 28.2 Å². The van der Waals surface area contributed by atoms with Gasteiger partial charge in [-0.2, -0.15) is 0 Å². The van der Waals surface area contributed by atoms with E-state index in [1.165, 1.54) is 0 Å². The van der Waals surface area contributed by atoms with Crippen molar-refractivity contribution in [3.05, 3.63) is 58.2 Å². The average Bonchev–Trinajstić information content (AvgIpc) is 3.11. The van der Waals surface area contributed by atoms with Crippen LogP contribution in [0.5, 0.6) is 0 Å². The van der Waals surface area contributed by atoms with E-state index in [4.69, 9.17) is 0 Å². The van der Waals surface area contributed by atoms with E-state index in [0.717, 1.165) is 33.1 Å². The van der Waals surface area contributed by atoms with Crippen molar-refractivity contribution in [1.82, 2.24) is 20.6 Å². The van der Waals surface area contributed by atoms with Crippen LogP contribution in [0.25, 0.3) is 10.9 Å². The van der Waals surface area contributed by atoms with Crippen LogP contribution in [0.15, 0.2) is 46.9 Å². The molecule has 6 heteroatoms. The number of pyridine rings is 1. The van der Waals surface area contributed by atoms with Crippen molar-refractivity contribution in [1.29, 1.82) is 0 Å². The number of fused-ring (bicyclic) bond motifs is 1. The lowest BCUT2D eigenvalue weighted by atomic mass is 10.1. The first-order valence-electron chi connectivity index (χ1n) is 8.39. The van der Waals surface area contributed by atoms with Crippen LogP contribution >= 0.6 is 11.3 Å². The van der Waals surface area contributed by atoms with E-state index in [0.29, 0.717) is 19.0 Å². The summed E-state index contributed by atoms with van der Waals surface area (Å²) in [6, 6.07) is 10.3. The van der Waals surface area contributed by atoms with Gasteiger partial charge in [-0.3, -0.25) is 9.98 Å². The first-order valence-corrected chi connectivity index (χ1v) is 9.26. The van der Waals surface area contributed by atoms with Crippen molar-refractivity contribution in [2.24, 2.45) is 4.99 Å². The number of guanidine groups is 1. The Morgan fingerprint density at radius 3 is 2.72 bits per heavy atom. The number of rotatable bonds is 5. The van der Waals surface area contributed by atoms with Crippen LogP contribution < -0.4 is 10.6 Å². The molecule has 1 aromatic carbocycles. The molecule has 0 fully saturated rings. The van der Waals surface area contributed by atoms with E-state index in [-0.39, 0.29) is 0 Å². The molecule has 130 valence electrons. The molecule has 0 saturated carbocycles. The van der Waals surface area contributed by atoms with E-state index < -0.39 is 0 Å². The second kappa shape index (κ2) is 8.07. The Hall–Kier alpha value is -2.47. The predicted octanol–water partition coefficient (Wildman–Crippen LogP) is 3.68. The van der Waals surface area contributed by atoms with Gasteiger partial charge in [-0.25, -0.2) is 4.98 Å². The van der Waals surface area contributed by atoms with Gasteiger partial charge in [0.2, 0.25) is 0 Å². The van der Waals surface area contributed by atoms with Crippen molar-refractivity contribution in [3.8, 4) is 0 Å². The predicted molar refractivity (Wildman–Crippen MR) is 105 cm³/mol. The highest BCUT2D eigenvalue weighted by atomic mass is 32.1. The Kier molecular flexibility index (Phi) is 5.60. The molecule has 0 aliphatic carbocycles. The summed E-state index contributed by atoms with van der Waals surface area (Å²) in [5, 5.41) is 11.0. The maximum absolute atomic E-state index is 4.64. The zero-order valence-electron chi connectivity index (χ0n) is 14.8. The molecule has 0 atom stereocenters. The van der Waals surface area contributed by atoms with E-state index in [2.05, 4.69) is 69.1 Å². The smallest absolute Gasteiger partial charge is 0.191 e. The summed E-state index contributed by atoms with van der Waals surface area (Å²) in [6.07, 6.45) is 1.83. The number of para-hydroxylation sites is 1. The van der Waals surface area contributed by atoms with E-state index in [1.807, 2.05) is 12.3 Å². The summed E-state index contributed by atoms with van der Waals surface area (Å²) in [5.74, 6) is 1.22. The SMILES string of the molecule is CN=C(NCc1nc(C(C)C)cs1)NCc1cccc2cccnc12. The monoisotopic (exact) mass is 353 g/mol. The van der Waals surface area contributed by atoms with Gasteiger partial charge < -0.3 is 10.6 Å². The fourth-order valence-corrected chi connectivity index (χ4v) is 3.44. The third-order valence-electron chi connectivity index (χ3n) is 3.95. The van der Waals surface area contributed by atoms with Crippen molar-refractivity contribution in [3.63, 3.8) is 0 Å². The third kappa shape index (κ3) is 4.33. The largest absolute Gasteiger partial charge is 0.352 e. The van der Waals surface area contributed by atoms with Crippen LogP contribution in [-0.4, -0.2) is 23.0 Å². The Morgan fingerprint density at radius 1 is 1.16 bits per heavy atom. The second-order valence-corrected chi connectivity index (χ2v) is 7.04. The first kappa shape index (κ1) is 17.4. The lowest BCUT2D eigenvalue weighted by molar-refractivity contribution is 0.786.